The van der Waals surface area contributed by atoms with Crippen molar-refractivity contribution in [1.29, 1.82) is 5.26 Å². The van der Waals surface area contributed by atoms with Gasteiger partial charge in [-0.05, 0) is 29.5 Å². The number of amidine groups is 1. The van der Waals surface area contributed by atoms with Crippen LogP contribution in [0, 0.1) is 11.5 Å². The van der Waals surface area contributed by atoms with E-state index in [0.717, 1.165) is 16.8 Å². The first-order valence-electron chi connectivity index (χ1n) is 5.77. The number of nitrogens with zero attached hydrogens (tertiary/aromatic N) is 3. The van der Waals surface area contributed by atoms with Gasteiger partial charge in [-0.1, -0.05) is 17.8 Å². The fourth-order valence-electron chi connectivity index (χ4n) is 1.93. The van der Waals surface area contributed by atoms with Gasteiger partial charge in [-0.3, -0.25) is 10.1 Å². The van der Waals surface area contributed by atoms with Gasteiger partial charge in [-0.25, -0.2) is 4.99 Å². The zero-order chi connectivity index (χ0) is 13.8. The predicted molar refractivity (Wildman–Crippen MR) is 76.0 cm³/mol. The maximum absolute atomic E-state index is 11.6. The number of carbonyl (C=O) groups excluding carboxylic acids is 1. The minimum atomic E-state index is 0.139. The smallest absolute Gasteiger partial charge is 0.227 e. The number of hydrogen-bond acceptors (Lipinski definition) is 4. The van der Waals surface area contributed by atoms with Crippen LogP contribution in [0.15, 0.2) is 23.2 Å². The van der Waals surface area contributed by atoms with Gasteiger partial charge in [0.2, 0.25) is 5.91 Å². The first kappa shape index (κ1) is 13.4. The Balaban J connectivity index is 2.29. The van der Waals surface area contributed by atoms with Crippen LogP contribution in [-0.4, -0.2) is 29.3 Å². The maximum atomic E-state index is 11.6. The van der Waals surface area contributed by atoms with Crippen molar-refractivity contribution in [3.63, 3.8) is 0 Å². The molecule has 6 heteroatoms. The van der Waals surface area contributed by atoms with E-state index in [1.165, 1.54) is 11.8 Å². The van der Waals surface area contributed by atoms with E-state index in [1.54, 1.807) is 11.9 Å². The van der Waals surface area contributed by atoms with Crippen molar-refractivity contribution in [1.82, 2.24) is 10.2 Å². The van der Waals surface area contributed by atoms with Crippen LogP contribution in [0.5, 0.6) is 0 Å². The number of carbonyl (C=O) groups is 1. The summed E-state index contributed by atoms with van der Waals surface area (Å²) in [6.07, 6.45) is 4.16. The Hall–Kier alpha value is -2.00. The number of nitrogens with one attached hydrogen (secondary N) is 1. The molecule has 1 heterocycles. The van der Waals surface area contributed by atoms with Gasteiger partial charge >= 0.3 is 0 Å². The third kappa shape index (κ3) is 3.06. The minimum absolute atomic E-state index is 0.139. The maximum Gasteiger partial charge on any atom is 0.227 e. The summed E-state index contributed by atoms with van der Waals surface area (Å²) in [6, 6.07) is 5.77. The zero-order valence-electron chi connectivity index (χ0n) is 10.8. The number of benzene rings is 1. The molecule has 1 aliphatic heterocycles. The fourth-order valence-corrected chi connectivity index (χ4v) is 2.28. The van der Waals surface area contributed by atoms with Gasteiger partial charge in [0.1, 0.15) is 0 Å². The molecule has 1 aromatic rings. The van der Waals surface area contributed by atoms with Crippen LogP contribution in [-0.2, 0) is 17.8 Å². The molecule has 0 radical (unpaired) electrons. The highest BCUT2D eigenvalue weighted by Gasteiger charge is 2.19. The molecule has 0 unspecified atom stereocenters. The Kier molecular flexibility index (Phi) is 4.07. The van der Waals surface area contributed by atoms with Gasteiger partial charge in [0.25, 0.3) is 0 Å². The highest BCUT2D eigenvalue weighted by molar-refractivity contribution is 8.13. The number of rotatable bonds is 1. The number of likely N-dealkylation sites (N-methyl/N-ethyl adjacent to an activating group) is 1. The van der Waals surface area contributed by atoms with Crippen LogP contribution in [0.2, 0.25) is 0 Å². The standard InChI is InChI=1S/C13H14N4OS/c1-17-7-10-5-11(16-13(19-2)15-8-14)4-3-9(10)6-12(17)18/h3-5H,6-7H2,1-2H3,(H,15,16). The lowest BCUT2D eigenvalue weighted by Gasteiger charge is -2.25. The van der Waals surface area contributed by atoms with Crippen molar-refractivity contribution >= 4 is 28.5 Å². The van der Waals surface area contributed by atoms with Crippen molar-refractivity contribution in [3.05, 3.63) is 29.3 Å². The molecule has 98 valence electrons. The monoisotopic (exact) mass is 274 g/mol. The Bertz CT molecular complexity index is 576. The van der Waals surface area contributed by atoms with Crippen molar-refractivity contribution in [2.45, 2.75) is 13.0 Å². The van der Waals surface area contributed by atoms with E-state index in [4.69, 9.17) is 5.26 Å². The van der Waals surface area contributed by atoms with Crippen molar-refractivity contribution in [3.8, 4) is 6.19 Å². The van der Waals surface area contributed by atoms with Gasteiger partial charge in [-0.15, -0.1) is 0 Å². The van der Waals surface area contributed by atoms with Gasteiger partial charge in [-0.2, -0.15) is 5.26 Å². The molecule has 0 saturated heterocycles. The SMILES string of the molecule is CSC(=Nc1ccc2c(c1)CN(C)C(=O)C2)NC#N. The molecule has 0 fully saturated rings. The normalized spacial score (nSPS) is 14.9. The average molecular weight is 274 g/mol. The highest BCUT2D eigenvalue weighted by Crippen LogP contribution is 2.24. The lowest BCUT2D eigenvalue weighted by molar-refractivity contribution is -0.130. The van der Waals surface area contributed by atoms with Crippen LogP contribution in [0.1, 0.15) is 11.1 Å². The molecule has 1 aliphatic rings. The molecule has 0 bridgehead atoms. The summed E-state index contributed by atoms with van der Waals surface area (Å²) >= 11 is 1.38. The lowest BCUT2D eigenvalue weighted by atomic mass is 9.99. The van der Waals surface area contributed by atoms with Crippen LogP contribution in [0.3, 0.4) is 0 Å². The Morgan fingerprint density at radius 2 is 2.32 bits per heavy atom. The van der Waals surface area contributed by atoms with Crippen LogP contribution in [0.4, 0.5) is 5.69 Å². The fraction of sp³-hybridized carbons (Fsp3) is 0.308. The summed E-state index contributed by atoms with van der Waals surface area (Å²) in [5, 5.41) is 11.7. The molecule has 19 heavy (non-hydrogen) atoms. The zero-order valence-corrected chi connectivity index (χ0v) is 11.6. The van der Waals surface area contributed by atoms with Crippen molar-refractivity contribution < 1.29 is 4.79 Å². The Morgan fingerprint density at radius 3 is 3.00 bits per heavy atom. The molecule has 1 aromatic carbocycles. The number of nitriles is 1. The average Bonchev–Trinajstić information content (AvgIpc) is 2.40. The second-order valence-electron chi connectivity index (χ2n) is 4.24. The molecule has 0 atom stereocenters. The number of amides is 1. The number of fused-ring (bicyclic) bond motifs is 1. The van der Waals surface area contributed by atoms with Gasteiger partial charge in [0.05, 0.1) is 12.1 Å². The van der Waals surface area contributed by atoms with Gasteiger partial charge < -0.3 is 4.90 Å². The number of thioether (sulfide) groups is 1. The van der Waals surface area contributed by atoms with E-state index in [1.807, 2.05) is 30.6 Å². The van der Waals surface area contributed by atoms with Crippen LogP contribution < -0.4 is 5.32 Å². The molecule has 0 aliphatic carbocycles. The van der Waals surface area contributed by atoms with Crippen LogP contribution >= 0.6 is 11.8 Å². The molecule has 2 rings (SSSR count). The summed E-state index contributed by atoms with van der Waals surface area (Å²) in [4.78, 5) is 17.7. The van der Waals surface area contributed by atoms with E-state index in [-0.39, 0.29) is 5.91 Å². The second-order valence-corrected chi connectivity index (χ2v) is 5.03. The molecule has 0 aromatic heterocycles. The summed E-state index contributed by atoms with van der Waals surface area (Å²) in [5.74, 6) is 0.139. The van der Waals surface area contributed by atoms with Crippen LogP contribution in [0.25, 0.3) is 0 Å². The predicted octanol–water partition coefficient (Wildman–Crippen LogP) is 1.62. The van der Waals surface area contributed by atoms with E-state index < -0.39 is 0 Å². The Labute approximate surface area is 116 Å². The highest BCUT2D eigenvalue weighted by atomic mass is 32.2. The third-order valence-corrected chi connectivity index (χ3v) is 3.53. The molecule has 1 amide bonds. The van der Waals surface area contributed by atoms with E-state index >= 15 is 0 Å². The summed E-state index contributed by atoms with van der Waals surface area (Å²) in [6.45, 7) is 0.609. The van der Waals surface area contributed by atoms with E-state index in [0.29, 0.717) is 18.1 Å². The van der Waals surface area contributed by atoms with Crippen molar-refractivity contribution in [2.75, 3.05) is 13.3 Å². The largest absolute Gasteiger partial charge is 0.341 e. The first-order chi connectivity index (χ1) is 9.13. The van der Waals surface area contributed by atoms with E-state index in [2.05, 4.69) is 10.3 Å². The topological polar surface area (TPSA) is 68.5 Å². The van der Waals surface area contributed by atoms with Gasteiger partial charge in [0, 0.05) is 13.6 Å². The number of hydrogen-bond donors (Lipinski definition) is 1. The summed E-state index contributed by atoms with van der Waals surface area (Å²) < 4.78 is 0. The van der Waals surface area contributed by atoms with Gasteiger partial charge in [0.15, 0.2) is 11.4 Å². The minimum Gasteiger partial charge on any atom is -0.341 e. The molecule has 1 N–H and O–H groups in total. The number of aliphatic imine (C=N–C) groups is 1. The summed E-state index contributed by atoms with van der Waals surface area (Å²) in [7, 11) is 1.80. The molecular weight excluding hydrogens is 260 g/mol. The lowest BCUT2D eigenvalue weighted by Crippen LogP contribution is -2.32. The first-order valence-corrected chi connectivity index (χ1v) is 7.00. The third-order valence-electron chi connectivity index (χ3n) is 2.95. The van der Waals surface area contributed by atoms with Crippen molar-refractivity contribution in [2.24, 2.45) is 4.99 Å². The Morgan fingerprint density at radius 1 is 1.53 bits per heavy atom. The second kappa shape index (κ2) is 5.76. The quantitative estimate of drug-likeness (QED) is 0.366. The molecule has 0 saturated carbocycles. The molecular formula is C13H14N4OS. The van der Waals surface area contributed by atoms with E-state index in [9.17, 15) is 4.79 Å². The molecule has 5 nitrogen and oxygen atoms in total. The summed E-state index contributed by atoms with van der Waals surface area (Å²) in [5.41, 5.74) is 2.95. The molecule has 0 spiro atoms.